The predicted molar refractivity (Wildman–Crippen MR) is 64.3 cm³/mol. The Balaban J connectivity index is 2.48. The molecule has 1 aromatic rings. The van der Waals surface area contributed by atoms with E-state index >= 15 is 0 Å². The van der Waals surface area contributed by atoms with Crippen molar-refractivity contribution in [1.82, 2.24) is 9.47 Å². The number of nitrogens with zero attached hydrogens (tertiary/aromatic N) is 3. The van der Waals surface area contributed by atoms with Gasteiger partial charge in [-0.1, -0.05) is 13.2 Å². The third-order valence-electron chi connectivity index (χ3n) is 2.52. The Morgan fingerprint density at radius 1 is 1.27 bits per heavy atom. The molecule has 0 N–H and O–H groups in total. The SMILES string of the molecule is C=CC[N+]1(CC=C)C=Nc2cccnc21. The Labute approximate surface area is 89.7 Å². The van der Waals surface area contributed by atoms with E-state index in [9.17, 15) is 0 Å². The van der Waals surface area contributed by atoms with Crippen LogP contribution in [0.1, 0.15) is 0 Å². The molecule has 0 amide bonds. The zero-order chi connectivity index (χ0) is 10.7. The summed E-state index contributed by atoms with van der Waals surface area (Å²) in [5.74, 6) is 0.984. The first-order chi connectivity index (χ1) is 7.32. The van der Waals surface area contributed by atoms with Crippen LogP contribution in [0.4, 0.5) is 11.5 Å². The largest absolute Gasteiger partial charge is 0.260 e. The minimum absolute atomic E-state index is 0.600. The van der Waals surface area contributed by atoms with E-state index in [4.69, 9.17) is 0 Å². The van der Waals surface area contributed by atoms with Gasteiger partial charge in [-0.25, -0.2) is 9.47 Å². The summed E-state index contributed by atoms with van der Waals surface area (Å²) in [4.78, 5) is 8.78. The molecule has 0 aliphatic carbocycles. The molecule has 1 aromatic heterocycles. The summed E-state index contributed by atoms with van der Waals surface area (Å²) in [6.07, 6.45) is 7.49. The fourth-order valence-corrected chi connectivity index (χ4v) is 1.86. The maximum absolute atomic E-state index is 4.40. The topological polar surface area (TPSA) is 25.2 Å². The summed E-state index contributed by atoms with van der Waals surface area (Å²) >= 11 is 0. The van der Waals surface area contributed by atoms with E-state index in [0.29, 0.717) is 4.48 Å². The summed E-state index contributed by atoms with van der Waals surface area (Å²) in [6, 6.07) is 3.88. The van der Waals surface area contributed by atoms with E-state index in [1.54, 1.807) is 6.20 Å². The number of fused-ring (bicyclic) bond motifs is 1. The molecule has 0 spiro atoms. The van der Waals surface area contributed by atoms with Gasteiger partial charge in [-0.15, -0.1) is 0 Å². The normalized spacial score (nSPS) is 16.0. The van der Waals surface area contributed by atoms with Crippen molar-refractivity contribution in [3.8, 4) is 0 Å². The van der Waals surface area contributed by atoms with Gasteiger partial charge in [-0.2, -0.15) is 4.99 Å². The van der Waals surface area contributed by atoms with Gasteiger partial charge in [0, 0.05) is 6.20 Å². The molecule has 2 heterocycles. The van der Waals surface area contributed by atoms with Gasteiger partial charge in [0.25, 0.3) is 5.82 Å². The van der Waals surface area contributed by atoms with Crippen molar-refractivity contribution >= 4 is 17.8 Å². The summed E-state index contributed by atoms with van der Waals surface area (Å²) in [5, 5.41) is 0. The lowest BCUT2D eigenvalue weighted by atomic mass is 10.3. The molecule has 0 aromatic carbocycles. The van der Waals surface area contributed by atoms with Gasteiger partial charge in [-0.05, 0) is 24.3 Å². The second-order valence-electron chi connectivity index (χ2n) is 3.57. The number of hydrogen-bond donors (Lipinski definition) is 0. The molecule has 0 radical (unpaired) electrons. The molecule has 1 aliphatic rings. The second-order valence-corrected chi connectivity index (χ2v) is 3.57. The average Bonchev–Trinajstić information content (AvgIpc) is 2.60. The summed E-state index contributed by atoms with van der Waals surface area (Å²) in [7, 11) is 0. The lowest BCUT2D eigenvalue weighted by molar-refractivity contribution is 0.508. The van der Waals surface area contributed by atoms with Crippen molar-refractivity contribution in [2.45, 2.75) is 0 Å². The Bertz CT molecular complexity index is 411. The molecule has 3 heteroatoms. The molecular weight excluding hydrogens is 186 g/mol. The monoisotopic (exact) mass is 200 g/mol. The van der Waals surface area contributed by atoms with Crippen LogP contribution < -0.4 is 4.48 Å². The lowest BCUT2D eigenvalue weighted by Crippen LogP contribution is -2.47. The minimum atomic E-state index is 0.600. The van der Waals surface area contributed by atoms with Crippen LogP contribution in [-0.2, 0) is 0 Å². The van der Waals surface area contributed by atoms with Crippen molar-refractivity contribution in [2.24, 2.45) is 4.99 Å². The maximum atomic E-state index is 4.40. The minimum Gasteiger partial charge on any atom is -0.224 e. The molecule has 76 valence electrons. The van der Waals surface area contributed by atoms with Crippen molar-refractivity contribution < 1.29 is 0 Å². The standard InChI is InChI=1S/C12H14N3/c1-3-8-15(9-4-2)10-14-11-6-5-7-13-12(11)15/h3-7,10H,1-2,8-9H2/q+1. The predicted octanol–water partition coefficient (Wildman–Crippen LogP) is 2.43. The van der Waals surface area contributed by atoms with Gasteiger partial charge < -0.3 is 0 Å². The molecule has 15 heavy (non-hydrogen) atoms. The third-order valence-corrected chi connectivity index (χ3v) is 2.52. The summed E-state index contributed by atoms with van der Waals surface area (Å²) in [5.41, 5.74) is 0.946. The third kappa shape index (κ3) is 1.51. The highest BCUT2D eigenvalue weighted by molar-refractivity contribution is 5.86. The molecule has 0 saturated heterocycles. The fraction of sp³-hybridized carbons (Fsp3) is 0.167. The van der Waals surface area contributed by atoms with Gasteiger partial charge in [0.05, 0.1) is 0 Å². The van der Waals surface area contributed by atoms with E-state index in [1.807, 2.05) is 30.6 Å². The summed E-state index contributed by atoms with van der Waals surface area (Å²) in [6.45, 7) is 9.15. The van der Waals surface area contributed by atoms with Gasteiger partial charge in [0.1, 0.15) is 13.1 Å². The highest BCUT2D eigenvalue weighted by atomic mass is 15.4. The van der Waals surface area contributed by atoms with Crippen molar-refractivity contribution in [3.05, 3.63) is 43.6 Å². The molecular formula is C12H14N3+. The van der Waals surface area contributed by atoms with Gasteiger partial charge in [0.2, 0.25) is 0 Å². The first-order valence-corrected chi connectivity index (χ1v) is 4.92. The first-order valence-electron chi connectivity index (χ1n) is 4.92. The first kappa shape index (κ1) is 9.80. The summed E-state index contributed by atoms with van der Waals surface area (Å²) < 4.78 is 0.600. The van der Waals surface area contributed by atoms with Gasteiger partial charge in [0.15, 0.2) is 12.0 Å². The van der Waals surface area contributed by atoms with Crippen LogP contribution in [0.15, 0.2) is 48.6 Å². The van der Waals surface area contributed by atoms with E-state index < -0.39 is 0 Å². The Morgan fingerprint density at radius 3 is 2.67 bits per heavy atom. The Hall–Kier alpha value is -1.74. The Kier molecular flexibility index (Phi) is 2.47. The molecule has 0 bridgehead atoms. The van der Waals surface area contributed by atoms with E-state index in [1.165, 1.54) is 0 Å². The lowest BCUT2D eigenvalue weighted by Gasteiger charge is -2.26. The van der Waals surface area contributed by atoms with Crippen LogP contribution in [0.3, 0.4) is 0 Å². The van der Waals surface area contributed by atoms with Crippen molar-refractivity contribution in [2.75, 3.05) is 13.1 Å². The molecule has 0 fully saturated rings. The molecule has 2 rings (SSSR count). The van der Waals surface area contributed by atoms with E-state index in [-0.39, 0.29) is 0 Å². The van der Waals surface area contributed by atoms with Crippen LogP contribution in [0.5, 0.6) is 0 Å². The van der Waals surface area contributed by atoms with Crippen LogP contribution in [0, 0.1) is 0 Å². The zero-order valence-corrected chi connectivity index (χ0v) is 8.63. The Morgan fingerprint density at radius 2 is 2.00 bits per heavy atom. The van der Waals surface area contributed by atoms with E-state index in [0.717, 1.165) is 24.6 Å². The fourth-order valence-electron chi connectivity index (χ4n) is 1.86. The number of aromatic nitrogens is 1. The maximum Gasteiger partial charge on any atom is 0.260 e. The van der Waals surface area contributed by atoms with Crippen LogP contribution in [0.25, 0.3) is 0 Å². The highest BCUT2D eigenvalue weighted by Crippen LogP contribution is 2.35. The number of rotatable bonds is 4. The quantitative estimate of drug-likeness (QED) is 0.541. The number of quaternary nitrogens is 1. The molecule has 0 atom stereocenters. The van der Waals surface area contributed by atoms with Crippen molar-refractivity contribution in [3.63, 3.8) is 0 Å². The number of hydrogen-bond acceptors (Lipinski definition) is 2. The highest BCUT2D eigenvalue weighted by Gasteiger charge is 2.35. The number of pyridine rings is 1. The molecule has 1 aliphatic heterocycles. The number of aliphatic imine (C=N–C) groups is 1. The van der Waals surface area contributed by atoms with E-state index in [2.05, 4.69) is 23.1 Å². The second kappa shape index (κ2) is 3.79. The van der Waals surface area contributed by atoms with Crippen molar-refractivity contribution in [1.29, 1.82) is 0 Å². The van der Waals surface area contributed by atoms with Gasteiger partial charge >= 0.3 is 0 Å². The van der Waals surface area contributed by atoms with Crippen LogP contribution >= 0.6 is 0 Å². The average molecular weight is 200 g/mol. The van der Waals surface area contributed by atoms with Crippen LogP contribution in [0.2, 0.25) is 0 Å². The van der Waals surface area contributed by atoms with Crippen LogP contribution in [-0.4, -0.2) is 24.4 Å². The zero-order valence-electron chi connectivity index (χ0n) is 8.63. The smallest absolute Gasteiger partial charge is 0.224 e. The molecule has 3 nitrogen and oxygen atoms in total. The van der Waals surface area contributed by atoms with Gasteiger partial charge in [-0.3, -0.25) is 0 Å². The molecule has 0 unspecified atom stereocenters. The molecule has 0 saturated carbocycles.